The third kappa shape index (κ3) is 6.44. The quantitative estimate of drug-likeness (QED) is 0.164. The van der Waals surface area contributed by atoms with Crippen LogP contribution >= 0.6 is 0 Å². The Labute approximate surface area is 198 Å². The summed E-state index contributed by atoms with van der Waals surface area (Å²) in [7, 11) is 0. The summed E-state index contributed by atoms with van der Waals surface area (Å²) in [5.41, 5.74) is 3.02. The van der Waals surface area contributed by atoms with Gasteiger partial charge >= 0.3 is 17.6 Å². The average Bonchev–Trinajstić information content (AvgIpc) is 2.80. The predicted octanol–water partition coefficient (Wildman–Crippen LogP) is 4.22. The van der Waals surface area contributed by atoms with Gasteiger partial charge in [0.2, 0.25) is 0 Å². The number of nitrogens with one attached hydrogen (secondary N) is 1. The highest BCUT2D eigenvalue weighted by atomic mass is 16.6. The highest BCUT2D eigenvalue weighted by molar-refractivity contribution is 6.13. The van der Waals surface area contributed by atoms with E-state index in [0.717, 1.165) is 12.1 Å². The van der Waals surface area contributed by atoms with Gasteiger partial charge in [0, 0.05) is 31.0 Å². The van der Waals surface area contributed by atoms with Gasteiger partial charge in [-0.25, -0.2) is 0 Å². The second-order valence-electron chi connectivity index (χ2n) is 7.02. The highest BCUT2D eigenvalue weighted by Crippen LogP contribution is 2.29. The van der Waals surface area contributed by atoms with Crippen molar-refractivity contribution in [3.8, 4) is 11.5 Å². The maximum absolute atomic E-state index is 11.4. The largest absolute Gasteiger partial charge is 0.427 e. The lowest BCUT2D eigenvalue weighted by atomic mass is 10.0. The smallest absolute Gasteiger partial charge is 0.308 e. The van der Waals surface area contributed by atoms with Crippen LogP contribution in [0, 0.1) is 20.2 Å². The van der Waals surface area contributed by atoms with Crippen LogP contribution in [0.3, 0.4) is 0 Å². The minimum absolute atomic E-state index is 0.0637. The van der Waals surface area contributed by atoms with Gasteiger partial charge < -0.3 is 9.47 Å². The number of hydrogen-bond acceptors (Lipinski definition) is 10. The number of hydrogen-bond donors (Lipinski definition) is 1. The number of nitrogens with zero attached hydrogens (tertiary/aromatic N) is 3. The van der Waals surface area contributed by atoms with Crippen LogP contribution in [0.2, 0.25) is 0 Å². The summed E-state index contributed by atoms with van der Waals surface area (Å²) in [5.74, 6) is -0.353. The number of esters is 2. The SMILES string of the molecule is CC(=O)Oc1ccc(C(=NNc2ccc([N+](=O)[O-])cc2[N+](=O)[O-])c2ccc(OC(C)=O)cc2)cc1. The van der Waals surface area contributed by atoms with E-state index in [4.69, 9.17) is 9.47 Å². The summed E-state index contributed by atoms with van der Waals surface area (Å²) in [6, 6.07) is 15.8. The topological polar surface area (TPSA) is 163 Å². The van der Waals surface area contributed by atoms with Crippen LogP contribution in [0.1, 0.15) is 25.0 Å². The summed E-state index contributed by atoms with van der Waals surface area (Å²) < 4.78 is 10.1. The zero-order valence-corrected chi connectivity index (χ0v) is 18.5. The first-order valence-corrected chi connectivity index (χ1v) is 9.98. The highest BCUT2D eigenvalue weighted by Gasteiger charge is 2.20. The van der Waals surface area contributed by atoms with Crippen molar-refractivity contribution < 1.29 is 28.9 Å². The van der Waals surface area contributed by atoms with E-state index in [9.17, 15) is 29.8 Å². The Morgan fingerprint density at radius 3 is 1.66 bits per heavy atom. The lowest BCUT2D eigenvalue weighted by Crippen LogP contribution is -2.08. The van der Waals surface area contributed by atoms with E-state index in [-0.39, 0.29) is 5.69 Å². The van der Waals surface area contributed by atoms with Crippen molar-refractivity contribution in [1.29, 1.82) is 0 Å². The van der Waals surface area contributed by atoms with E-state index in [1.165, 1.54) is 19.9 Å². The number of rotatable bonds is 8. The molecule has 0 aliphatic heterocycles. The van der Waals surface area contributed by atoms with Gasteiger partial charge in [-0.15, -0.1) is 0 Å². The zero-order chi connectivity index (χ0) is 25.5. The van der Waals surface area contributed by atoms with Gasteiger partial charge in [0.1, 0.15) is 17.2 Å². The van der Waals surface area contributed by atoms with Gasteiger partial charge in [-0.2, -0.15) is 5.10 Å². The number of nitro groups is 2. The molecule has 12 nitrogen and oxygen atoms in total. The van der Waals surface area contributed by atoms with Crippen molar-refractivity contribution in [1.82, 2.24) is 0 Å². The molecule has 35 heavy (non-hydrogen) atoms. The van der Waals surface area contributed by atoms with Crippen LogP contribution in [0.25, 0.3) is 0 Å². The van der Waals surface area contributed by atoms with Crippen molar-refractivity contribution >= 4 is 34.7 Å². The number of carbonyl (C=O) groups excluding carboxylic acids is 2. The first kappa shape index (κ1) is 24.5. The summed E-state index contributed by atoms with van der Waals surface area (Å²) in [6.45, 7) is 2.54. The lowest BCUT2D eigenvalue weighted by molar-refractivity contribution is -0.393. The van der Waals surface area contributed by atoms with Crippen molar-refractivity contribution in [2.75, 3.05) is 5.43 Å². The van der Waals surface area contributed by atoms with Crippen LogP contribution in [-0.2, 0) is 9.59 Å². The number of carbonyl (C=O) groups is 2. The number of non-ortho nitro benzene ring substituents is 1. The van der Waals surface area contributed by atoms with Gasteiger partial charge in [0.05, 0.1) is 21.6 Å². The number of anilines is 1. The Kier molecular flexibility index (Phi) is 7.46. The van der Waals surface area contributed by atoms with Crippen molar-refractivity contribution in [3.63, 3.8) is 0 Å². The molecule has 0 fully saturated rings. The Morgan fingerprint density at radius 1 is 0.771 bits per heavy atom. The molecule has 3 rings (SSSR count). The van der Waals surface area contributed by atoms with Crippen molar-refractivity contribution in [2.24, 2.45) is 5.10 Å². The molecule has 0 bridgehead atoms. The van der Waals surface area contributed by atoms with Gasteiger partial charge in [-0.1, -0.05) is 0 Å². The molecule has 12 heteroatoms. The summed E-state index contributed by atoms with van der Waals surface area (Å²) >= 11 is 0. The molecule has 0 atom stereocenters. The van der Waals surface area contributed by atoms with E-state index >= 15 is 0 Å². The number of ether oxygens (including phenoxy) is 2. The second kappa shape index (κ2) is 10.7. The van der Waals surface area contributed by atoms with E-state index in [2.05, 4.69) is 10.5 Å². The molecule has 0 spiro atoms. The fourth-order valence-electron chi connectivity index (χ4n) is 2.98. The normalized spacial score (nSPS) is 10.1. The van der Waals surface area contributed by atoms with Crippen molar-refractivity contribution in [3.05, 3.63) is 98.1 Å². The molecule has 178 valence electrons. The molecule has 0 saturated heterocycles. The Bertz CT molecular complexity index is 1260. The Balaban J connectivity index is 2.03. The number of nitro benzene ring substituents is 2. The summed E-state index contributed by atoms with van der Waals surface area (Å²) in [4.78, 5) is 43.3. The summed E-state index contributed by atoms with van der Waals surface area (Å²) in [6.07, 6.45) is 0. The Morgan fingerprint density at radius 2 is 1.26 bits per heavy atom. The van der Waals surface area contributed by atoms with E-state index < -0.39 is 33.2 Å². The third-order valence-electron chi connectivity index (χ3n) is 4.46. The molecule has 0 radical (unpaired) electrons. The van der Waals surface area contributed by atoms with E-state index in [1.54, 1.807) is 48.5 Å². The molecule has 1 N–H and O–H groups in total. The molecule has 0 aromatic heterocycles. The molecular formula is C23H18N4O8. The van der Waals surface area contributed by atoms with Crippen molar-refractivity contribution in [2.45, 2.75) is 13.8 Å². The Hall–Kier alpha value is -5.13. The van der Waals surface area contributed by atoms with Crippen LogP contribution < -0.4 is 14.9 Å². The molecule has 0 unspecified atom stereocenters. The number of benzene rings is 3. The minimum Gasteiger partial charge on any atom is -0.427 e. The van der Waals surface area contributed by atoms with Gasteiger partial charge in [-0.3, -0.25) is 35.2 Å². The molecular weight excluding hydrogens is 460 g/mol. The zero-order valence-electron chi connectivity index (χ0n) is 18.5. The van der Waals surface area contributed by atoms with E-state index in [1.807, 2.05) is 0 Å². The molecule has 0 amide bonds. The van der Waals surface area contributed by atoms with Gasteiger partial charge in [-0.05, 0) is 54.6 Å². The fourth-order valence-corrected chi connectivity index (χ4v) is 2.98. The van der Waals surface area contributed by atoms with Crippen LogP contribution in [-0.4, -0.2) is 27.5 Å². The molecule has 0 aliphatic rings. The summed E-state index contributed by atoms with van der Waals surface area (Å²) in [5, 5.41) is 26.7. The molecule has 3 aromatic rings. The molecule has 0 saturated carbocycles. The van der Waals surface area contributed by atoms with Crippen LogP contribution in [0.4, 0.5) is 17.1 Å². The maximum atomic E-state index is 11.4. The first-order valence-electron chi connectivity index (χ1n) is 9.98. The minimum atomic E-state index is -0.758. The van der Waals surface area contributed by atoms with Gasteiger partial charge in [0.15, 0.2) is 0 Å². The standard InChI is InChI=1S/C23H18N4O8/c1-14(28)34-19-8-3-16(4-9-19)23(17-5-10-20(11-6-17)35-15(2)29)25-24-21-12-7-18(26(30)31)13-22(21)27(32)33/h3-13,24H,1-2H3. The maximum Gasteiger partial charge on any atom is 0.308 e. The molecule has 0 aliphatic carbocycles. The second-order valence-corrected chi connectivity index (χ2v) is 7.02. The van der Waals surface area contributed by atoms with E-state index in [0.29, 0.717) is 28.3 Å². The first-order chi connectivity index (χ1) is 16.6. The predicted molar refractivity (Wildman–Crippen MR) is 125 cm³/mol. The average molecular weight is 478 g/mol. The number of hydrazone groups is 1. The van der Waals surface area contributed by atoms with Crippen LogP contribution in [0.15, 0.2) is 71.8 Å². The molecule has 0 heterocycles. The monoisotopic (exact) mass is 478 g/mol. The van der Waals surface area contributed by atoms with Crippen LogP contribution in [0.5, 0.6) is 11.5 Å². The molecule has 3 aromatic carbocycles. The third-order valence-corrected chi connectivity index (χ3v) is 4.46. The van der Waals surface area contributed by atoms with Gasteiger partial charge in [0.25, 0.3) is 5.69 Å². The fraction of sp³-hybridized carbons (Fsp3) is 0.0870. The lowest BCUT2D eigenvalue weighted by Gasteiger charge is -2.11.